The second-order valence-electron chi connectivity index (χ2n) is 7.72. The van der Waals surface area contributed by atoms with E-state index in [4.69, 9.17) is 14.2 Å². The van der Waals surface area contributed by atoms with Gasteiger partial charge in [0.15, 0.2) is 0 Å². The summed E-state index contributed by atoms with van der Waals surface area (Å²) in [5.74, 6) is 0.559. The van der Waals surface area contributed by atoms with Gasteiger partial charge < -0.3 is 14.2 Å². The topological polar surface area (TPSA) is 27.7 Å². The van der Waals surface area contributed by atoms with Gasteiger partial charge >= 0.3 is 0 Å². The minimum atomic E-state index is 0.0728. The first-order valence-electron chi connectivity index (χ1n) is 9.17. The fourth-order valence-electron chi connectivity index (χ4n) is 5.00. The zero-order chi connectivity index (χ0) is 15.6. The van der Waals surface area contributed by atoms with Crippen molar-refractivity contribution in [2.45, 2.75) is 62.8 Å². The lowest BCUT2D eigenvalue weighted by atomic mass is 9.68. The Kier molecular flexibility index (Phi) is 4.44. The van der Waals surface area contributed by atoms with E-state index in [1.54, 1.807) is 0 Å². The highest BCUT2D eigenvalue weighted by Crippen LogP contribution is 2.51. The Hall–Kier alpha value is -0.900. The molecule has 0 N–H and O–H groups in total. The van der Waals surface area contributed by atoms with Gasteiger partial charge in [0.05, 0.1) is 24.4 Å². The normalized spacial score (nSPS) is 37.0. The largest absolute Gasteiger partial charge is 0.376 e. The van der Waals surface area contributed by atoms with Crippen LogP contribution in [0.3, 0.4) is 0 Å². The van der Waals surface area contributed by atoms with Gasteiger partial charge in [-0.3, -0.25) is 0 Å². The minimum Gasteiger partial charge on any atom is -0.376 e. The van der Waals surface area contributed by atoms with Crippen molar-refractivity contribution in [1.82, 2.24) is 0 Å². The van der Waals surface area contributed by atoms with Crippen LogP contribution in [0.5, 0.6) is 0 Å². The molecule has 1 unspecified atom stereocenters. The minimum absolute atomic E-state index is 0.0728. The van der Waals surface area contributed by atoms with Crippen LogP contribution in [0.1, 0.15) is 50.5 Å². The Morgan fingerprint density at radius 3 is 2.17 bits per heavy atom. The highest BCUT2D eigenvalue weighted by atomic mass is 16.5. The molecule has 2 saturated heterocycles. The molecule has 0 bridgehead atoms. The third kappa shape index (κ3) is 3.47. The van der Waals surface area contributed by atoms with Crippen LogP contribution in [0, 0.1) is 5.92 Å². The summed E-state index contributed by atoms with van der Waals surface area (Å²) in [6.45, 7) is 3.38. The van der Waals surface area contributed by atoms with E-state index in [1.165, 1.54) is 31.2 Å². The quantitative estimate of drug-likeness (QED) is 0.837. The van der Waals surface area contributed by atoms with Crippen molar-refractivity contribution in [2.75, 3.05) is 19.8 Å². The molecule has 0 amide bonds. The van der Waals surface area contributed by atoms with Crippen molar-refractivity contribution in [3.63, 3.8) is 0 Å². The van der Waals surface area contributed by atoms with Crippen molar-refractivity contribution in [1.29, 1.82) is 0 Å². The molecular weight excluding hydrogens is 288 g/mol. The van der Waals surface area contributed by atoms with E-state index in [1.807, 2.05) is 6.07 Å². The predicted octanol–water partition coefficient (Wildman–Crippen LogP) is 4.10. The number of benzene rings is 1. The van der Waals surface area contributed by atoms with Gasteiger partial charge in [-0.05, 0) is 50.0 Å². The standard InChI is InChI=1S/C20H28O3/c1-2-6-17(7-3-1)14-21-15-18-12-19(8-4-10-22-19)16-20(13-18)9-5-11-23-20/h1-3,6-7,18H,4-5,8-16H2/t18?,19-,20+. The molecule has 0 radical (unpaired) electrons. The predicted molar refractivity (Wildman–Crippen MR) is 89.3 cm³/mol. The Morgan fingerprint density at radius 2 is 1.61 bits per heavy atom. The Balaban J connectivity index is 1.38. The number of hydrogen-bond acceptors (Lipinski definition) is 3. The fourth-order valence-corrected chi connectivity index (χ4v) is 5.00. The molecular formula is C20H28O3. The molecule has 2 heterocycles. The van der Waals surface area contributed by atoms with E-state index < -0.39 is 0 Å². The van der Waals surface area contributed by atoms with Gasteiger partial charge in [0.2, 0.25) is 0 Å². The average Bonchev–Trinajstić information content (AvgIpc) is 3.18. The maximum absolute atomic E-state index is 6.23. The third-order valence-corrected chi connectivity index (χ3v) is 5.80. The summed E-state index contributed by atoms with van der Waals surface area (Å²) in [5, 5.41) is 0. The first kappa shape index (κ1) is 15.6. The van der Waals surface area contributed by atoms with E-state index >= 15 is 0 Å². The summed E-state index contributed by atoms with van der Waals surface area (Å²) in [5.41, 5.74) is 1.40. The summed E-state index contributed by atoms with van der Waals surface area (Å²) in [6.07, 6.45) is 8.21. The van der Waals surface area contributed by atoms with Crippen LogP contribution < -0.4 is 0 Å². The van der Waals surface area contributed by atoms with Gasteiger partial charge in [-0.25, -0.2) is 0 Å². The number of ether oxygens (including phenoxy) is 3. The zero-order valence-electron chi connectivity index (χ0n) is 14.0. The van der Waals surface area contributed by atoms with E-state index in [9.17, 15) is 0 Å². The lowest BCUT2D eigenvalue weighted by molar-refractivity contribution is -0.143. The van der Waals surface area contributed by atoms with Crippen molar-refractivity contribution < 1.29 is 14.2 Å². The molecule has 3 heteroatoms. The highest BCUT2D eigenvalue weighted by Gasteiger charge is 2.52. The zero-order valence-corrected chi connectivity index (χ0v) is 14.0. The first-order chi connectivity index (χ1) is 11.3. The van der Waals surface area contributed by atoms with E-state index in [0.717, 1.165) is 39.1 Å². The van der Waals surface area contributed by atoms with Gasteiger partial charge in [0.25, 0.3) is 0 Å². The van der Waals surface area contributed by atoms with Crippen LogP contribution in [-0.2, 0) is 20.8 Å². The summed E-state index contributed by atoms with van der Waals surface area (Å²) in [4.78, 5) is 0. The van der Waals surface area contributed by atoms with Gasteiger partial charge in [-0.2, -0.15) is 0 Å². The Bertz CT molecular complexity index is 477. The highest BCUT2D eigenvalue weighted by molar-refractivity contribution is 5.13. The summed E-state index contributed by atoms with van der Waals surface area (Å²) >= 11 is 0. The van der Waals surface area contributed by atoms with Gasteiger partial charge in [0, 0.05) is 19.6 Å². The van der Waals surface area contributed by atoms with Crippen LogP contribution in [-0.4, -0.2) is 31.0 Å². The van der Waals surface area contributed by atoms with Crippen LogP contribution in [0.2, 0.25) is 0 Å². The molecule has 2 spiro atoms. The molecule has 1 aromatic rings. The first-order valence-corrected chi connectivity index (χ1v) is 9.17. The maximum Gasteiger partial charge on any atom is 0.0717 e. The molecule has 1 aromatic carbocycles. The van der Waals surface area contributed by atoms with Crippen molar-refractivity contribution in [3.8, 4) is 0 Å². The molecule has 4 rings (SSSR count). The Morgan fingerprint density at radius 1 is 0.957 bits per heavy atom. The third-order valence-electron chi connectivity index (χ3n) is 5.80. The molecule has 126 valence electrons. The molecule has 1 saturated carbocycles. The van der Waals surface area contributed by atoms with Gasteiger partial charge in [0.1, 0.15) is 0 Å². The van der Waals surface area contributed by atoms with Crippen LogP contribution in [0.25, 0.3) is 0 Å². The molecule has 3 aliphatic rings. The molecule has 3 fully saturated rings. The Labute approximate surface area is 139 Å². The smallest absolute Gasteiger partial charge is 0.0717 e. The second-order valence-corrected chi connectivity index (χ2v) is 7.72. The van der Waals surface area contributed by atoms with Gasteiger partial charge in [-0.1, -0.05) is 30.3 Å². The van der Waals surface area contributed by atoms with Crippen LogP contribution >= 0.6 is 0 Å². The SMILES string of the molecule is c1ccc(COCC2C[C@@]3(CCCO3)C[C@@]3(CCCO3)C2)cc1. The number of hydrogen-bond donors (Lipinski definition) is 0. The second kappa shape index (κ2) is 6.54. The molecule has 3 atom stereocenters. The van der Waals surface area contributed by atoms with Crippen LogP contribution in [0.4, 0.5) is 0 Å². The molecule has 0 aromatic heterocycles. The fraction of sp³-hybridized carbons (Fsp3) is 0.700. The summed E-state index contributed by atoms with van der Waals surface area (Å²) in [6, 6.07) is 10.4. The molecule has 3 nitrogen and oxygen atoms in total. The summed E-state index contributed by atoms with van der Waals surface area (Å²) < 4.78 is 18.5. The molecule has 1 aliphatic carbocycles. The monoisotopic (exact) mass is 316 g/mol. The lowest BCUT2D eigenvalue weighted by Gasteiger charge is -2.46. The summed E-state index contributed by atoms with van der Waals surface area (Å²) in [7, 11) is 0. The van der Waals surface area contributed by atoms with Crippen molar-refractivity contribution in [3.05, 3.63) is 35.9 Å². The lowest BCUT2D eigenvalue weighted by Crippen LogP contribution is -2.49. The average molecular weight is 316 g/mol. The van der Waals surface area contributed by atoms with E-state index in [2.05, 4.69) is 24.3 Å². The van der Waals surface area contributed by atoms with Gasteiger partial charge in [-0.15, -0.1) is 0 Å². The maximum atomic E-state index is 6.23. The number of rotatable bonds is 4. The van der Waals surface area contributed by atoms with Crippen molar-refractivity contribution >= 4 is 0 Å². The van der Waals surface area contributed by atoms with Crippen LogP contribution in [0.15, 0.2) is 30.3 Å². The van der Waals surface area contributed by atoms with E-state index in [0.29, 0.717) is 12.5 Å². The molecule has 2 aliphatic heterocycles. The molecule has 23 heavy (non-hydrogen) atoms. The van der Waals surface area contributed by atoms with Crippen molar-refractivity contribution in [2.24, 2.45) is 5.92 Å². The van der Waals surface area contributed by atoms with E-state index in [-0.39, 0.29) is 11.2 Å².